The SMILES string of the molecule is CC[C@H](O)Cn1cncn1. The van der Waals surface area contributed by atoms with Gasteiger partial charge in [-0.15, -0.1) is 0 Å². The fourth-order valence-corrected chi connectivity index (χ4v) is 0.672. The molecular weight excluding hydrogens is 130 g/mol. The van der Waals surface area contributed by atoms with Gasteiger partial charge in [-0.25, -0.2) is 4.98 Å². The van der Waals surface area contributed by atoms with Crippen molar-refractivity contribution in [2.24, 2.45) is 0 Å². The molecule has 0 aliphatic heterocycles. The Bertz CT molecular complexity index is 173. The number of aliphatic hydroxyl groups is 1. The van der Waals surface area contributed by atoms with Crippen molar-refractivity contribution in [2.45, 2.75) is 26.0 Å². The normalized spacial score (nSPS) is 13.4. The zero-order valence-corrected chi connectivity index (χ0v) is 5.94. The molecule has 0 aromatic carbocycles. The molecule has 1 aromatic rings. The summed E-state index contributed by atoms with van der Waals surface area (Å²) in [5.74, 6) is 0. The van der Waals surface area contributed by atoms with Crippen LogP contribution in [-0.4, -0.2) is 26.0 Å². The average Bonchev–Trinajstić information content (AvgIpc) is 2.40. The van der Waals surface area contributed by atoms with E-state index in [9.17, 15) is 0 Å². The minimum absolute atomic E-state index is 0.304. The van der Waals surface area contributed by atoms with E-state index < -0.39 is 0 Å². The van der Waals surface area contributed by atoms with E-state index in [1.165, 1.54) is 6.33 Å². The van der Waals surface area contributed by atoms with Crippen LogP contribution >= 0.6 is 0 Å². The standard InChI is InChI=1S/C6H11N3O/c1-2-6(10)3-9-5-7-4-8-9/h4-6,10H,2-3H2,1H3/t6-/m0/s1. The summed E-state index contributed by atoms with van der Waals surface area (Å²) < 4.78 is 1.62. The summed E-state index contributed by atoms with van der Waals surface area (Å²) in [5, 5.41) is 13.0. The van der Waals surface area contributed by atoms with Crippen LogP contribution in [0.4, 0.5) is 0 Å². The summed E-state index contributed by atoms with van der Waals surface area (Å²) >= 11 is 0. The van der Waals surface area contributed by atoms with Crippen LogP contribution in [0.3, 0.4) is 0 Å². The lowest BCUT2D eigenvalue weighted by Gasteiger charge is -2.05. The number of nitrogens with zero attached hydrogens (tertiary/aromatic N) is 3. The molecule has 1 atom stereocenters. The number of hydrogen-bond acceptors (Lipinski definition) is 3. The number of hydrogen-bond donors (Lipinski definition) is 1. The highest BCUT2D eigenvalue weighted by atomic mass is 16.3. The molecule has 0 spiro atoms. The topological polar surface area (TPSA) is 50.9 Å². The van der Waals surface area contributed by atoms with Crippen LogP contribution < -0.4 is 0 Å². The molecule has 1 heterocycles. The first-order valence-corrected chi connectivity index (χ1v) is 3.33. The van der Waals surface area contributed by atoms with Gasteiger partial charge in [0.2, 0.25) is 0 Å². The zero-order chi connectivity index (χ0) is 7.40. The molecule has 1 aromatic heterocycles. The van der Waals surface area contributed by atoms with Crippen LogP contribution in [0, 0.1) is 0 Å². The van der Waals surface area contributed by atoms with E-state index in [1.807, 2.05) is 6.92 Å². The second-order valence-corrected chi connectivity index (χ2v) is 2.18. The maximum atomic E-state index is 9.14. The van der Waals surface area contributed by atoms with Crippen LogP contribution in [0.15, 0.2) is 12.7 Å². The van der Waals surface area contributed by atoms with Gasteiger partial charge in [0.1, 0.15) is 12.7 Å². The van der Waals surface area contributed by atoms with Gasteiger partial charge in [0, 0.05) is 0 Å². The summed E-state index contributed by atoms with van der Waals surface area (Å²) in [5.41, 5.74) is 0. The van der Waals surface area contributed by atoms with Gasteiger partial charge < -0.3 is 5.11 Å². The Balaban J connectivity index is 2.40. The maximum Gasteiger partial charge on any atom is 0.137 e. The molecular formula is C6H11N3O. The Hall–Kier alpha value is -0.900. The molecule has 0 fully saturated rings. The van der Waals surface area contributed by atoms with Crippen LogP contribution in [0.25, 0.3) is 0 Å². The van der Waals surface area contributed by atoms with Crippen molar-refractivity contribution in [1.82, 2.24) is 14.8 Å². The van der Waals surface area contributed by atoms with Crippen LogP contribution in [0.1, 0.15) is 13.3 Å². The smallest absolute Gasteiger partial charge is 0.137 e. The minimum atomic E-state index is -0.304. The second-order valence-electron chi connectivity index (χ2n) is 2.18. The Labute approximate surface area is 59.5 Å². The quantitative estimate of drug-likeness (QED) is 0.647. The lowest BCUT2D eigenvalue weighted by atomic mass is 10.3. The molecule has 0 amide bonds. The molecule has 1 rings (SSSR count). The molecule has 0 unspecified atom stereocenters. The van der Waals surface area contributed by atoms with Gasteiger partial charge in [-0.2, -0.15) is 5.10 Å². The molecule has 10 heavy (non-hydrogen) atoms. The fraction of sp³-hybridized carbons (Fsp3) is 0.667. The van der Waals surface area contributed by atoms with E-state index in [0.717, 1.165) is 6.42 Å². The first-order chi connectivity index (χ1) is 4.83. The minimum Gasteiger partial charge on any atom is -0.391 e. The summed E-state index contributed by atoms with van der Waals surface area (Å²) in [4.78, 5) is 3.75. The molecule has 4 heteroatoms. The molecule has 0 aliphatic rings. The number of rotatable bonds is 3. The van der Waals surface area contributed by atoms with Crippen molar-refractivity contribution in [3.63, 3.8) is 0 Å². The van der Waals surface area contributed by atoms with E-state index >= 15 is 0 Å². The van der Waals surface area contributed by atoms with E-state index in [1.54, 1.807) is 11.0 Å². The molecule has 1 N–H and O–H groups in total. The number of aliphatic hydroxyl groups excluding tert-OH is 1. The summed E-state index contributed by atoms with van der Waals surface area (Å²) in [7, 11) is 0. The van der Waals surface area contributed by atoms with Crippen LogP contribution in [0.2, 0.25) is 0 Å². The van der Waals surface area contributed by atoms with Crippen molar-refractivity contribution in [2.75, 3.05) is 0 Å². The largest absolute Gasteiger partial charge is 0.391 e. The molecule has 0 aliphatic carbocycles. The fourth-order valence-electron chi connectivity index (χ4n) is 0.672. The molecule has 0 saturated carbocycles. The third-order valence-electron chi connectivity index (χ3n) is 1.34. The Morgan fingerprint density at radius 3 is 3.00 bits per heavy atom. The first-order valence-electron chi connectivity index (χ1n) is 3.33. The molecule has 0 saturated heterocycles. The summed E-state index contributed by atoms with van der Waals surface area (Å²) in [6.45, 7) is 2.47. The van der Waals surface area contributed by atoms with Gasteiger partial charge in [0.25, 0.3) is 0 Å². The highest BCUT2D eigenvalue weighted by Gasteiger charge is 2.00. The van der Waals surface area contributed by atoms with Crippen molar-refractivity contribution >= 4 is 0 Å². The molecule has 0 radical (unpaired) electrons. The first kappa shape index (κ1) is 7.21. The Morgan fingerprint density at radius 1 is 1.70 bits per heavy atom. The maximum absolute atomic E-state index is 9.14. The van der Waals surface area contributed by atoms with Crippen molar-refractivity contribution in [3.8, 4) is 0 Å². The Kier molecular flexibility index (Phi) is 2.39. The second kappa shape index (κ2) is 3.31. The van der Waals surface area contributed by atoms with Gasteiger partial charge in [-0.3, -0.25) is 4.68 Å². The summed E-state index contributed by atoms with van der Waals surface area (Å²) in [6, 6.07) is 0. The predicted octanol–water partition coefficient (Wildman–Crippen LogP) is 0.0490. The van der Waals surface area contributed by atoms with Crippen molar-refractivity contribution in [1.29, 1.82) is 0 Å². The molecule has 0 bridgehead atoms. The van der Waals surface area contributed by atoms with Gasteiger partial charge in [-0.1, -0.05) is 6.92 Å². The van der Waals surface area contributed by atoms with Gasteiger partial charge >= 0.3 is 0 Å². The lowest BCUT2D eigenvalue weighted by Crippen LogP contribution is -2.14. The molecule has 4 nitrogen and oxygen atoms in total. The average molecular weight is 141 g/mol. The third-order valence-corrected chi connectivity index (χ3v) is 1.34. The highest BCUT2D eigenvalue weighted by molar-refractivity contribution is 4.59. The number of aromatic nitrogens is 3. The lowest BCUT2D eigenvalue weighted by molar-refractivity contribution is 0.145. The van der Waals surface area contributed by atoms with Gasteiger partial charge in [0.05, 0.1) is 12.6 Å². The van der Waals surface area contributed by atoms with Crippen LogP contribution in [-0.2, 0) is 6.54 Å². The predicted molar refractivity (Wildman–Crippen MR) is 36.3 cm³/mol. The third kappa shape index (κ3) is 1.80. The Morgan fingerprint density at radius 2 is 2.50 bits per heavy atom. The van der Waals surface area contributed by atoms with E-state index in [4.69, 9.17) is 5.11 Å². The highest BCUT2D eigenvalue weighted by Crippen LogP contribution is 1.92. The zero-order valence-electron chi connectivity index (χ0n) is 5.94. The van der Waals surface area contributed by atoms with Crippen molar-refractivity contribution in [3.05, 3.63) is 12.7 Å². The van der Waals surface area contributed by atoms with E-state index in [-0.39, 0.29) is 6.10 Å². The van der Waals surface area contributed by atoms with E-state index in [2.05, 4.69) is 10.1 Å². The van der Waals surface area contributed by atoms with Crippen molar-refractivity contribution < 1.29 is 5.11 Å². The van der Waals surface area contributed by atoms with Gasteiger partial charge in [0.15, 0.2) is 0 Å². The molecule has 56 valence electrons. The van der Waals surface area contributed by atoms with Crippen LogP contribution in [0.5, 0.6) is 0 Å². The van der Waals surface area contributed by atoms with E-state index in [0.29, 0.717) is 6.54 Å². The monoisotopic (exact) mass is 141 g/mol. The van der Waals surface area contributed by atoms with Gasteiger partial charge in [-0.05, 0) is 6.42 Å². The summed E-state index contributed by atoms with van der Waals surface area (Å²) in [6.07, 6.45) is 3.50.